The van der Waals surface area contributed by atoms with Crippen LogP contribution in [-0.4, -0.2) is 35.8 Å². The van der Waals surface area contributed by atoms with E-state index in [1.807, 2.05) is 24.3 Å². The van der Waals surface area contributed by atoms with Gasteiger partial charge in [-0.2, -0.15) is 0 Å². The van der Waals surface area contributed by atoms with E-state index in [1.54, 1.807) is 13.8 Å². The minimum absolute atomic E-state index is 0.228. The maximum atomic E-state index is 13.4. The Morgan fingerprint density at radius 1 is 0.867 bits per heavy atom. The Balaban J connectivity index is 1.65. The van der Waals surface area contributed by atoms with E-state index in [9.17, 15) is 14.0 Å². The van der Waals surface area contributed by atoms with Crippen LogP contribution in [0.5, 0.6) is 0 Å². The summed E-state index contributed by atoms with van der Waals surface area (Å²) in [5.74, 6) is -1.12. The number of hydrogen-bond acceptors (Lipinski definition) is 4. The van der Waals surface area contributed by atoms with E-state index in [1.165, 1.54) is 48.4 Å². The van der Waals surface area contributed by atoms with E-state index in [0.717, 1.165) is 24.5 Å². The Hall–Kier alpha value is -3.15. The van der Waals surface area contributed by atoms with Crippen LogP contribution in [-0.2, 0) is 9.59 Å². The van der Waals surface area contributed by atoms with Gasteiger partial charge in [0.2, 0.25) is 0 Å². The van der Waals surface area contributed by atoms with Crippen molar-refractivity contribution in [3.63, 3.8) is 0 Å². The molecule has 1 fully saturated rings. The molecular weight excluding hydrogens is 381 g/mol. The van der Waals surface area contributed by atoms with Crippen molar-refractivity contribution in [3.05, 3.63) is 65.6 Å². The van der Waals surface area contributed by atoms with Gasteiger partial charge < -0.3 is 10.2 Å². The van der Waals surface area contributed by atoms with E-state index in [2.05, 4.69) is 10.2 Å². The van der Waals surface area contributed by atoms with Crippen LogP contribution >= 0.6 is 0 Å². The minimum Gasteiger partial charge on any atom is -0.372 e. The normalized spacial score (nSPS) is 17.3. The van der Waals surface area contributed by atoms with Gasteiger partial charge >= 0.3 is 0 Å². The third-order valence-corrected chi connectivity index (χ3v) is 5.62. The summed E-state index contributed by atoms with van der Waals surface area (Å²) in [6.45, 7) is 5.72. The molecule has 0 aromatic heterocycles. The predicted octanol–water partition coefficient (Wildman–Crippen LogP) is 4.42. The number of nitrogens with zero attached hydrogens (tertiary/aromatic N) is 2. The van der Waals surface area contributed by atoms with E-state index >= 15 is 0 Å². The smallest absolute Gasteiger partial charge is 0.278 e. The Morgan fingerprint density at radius 3 is 2.10 bits per heavy atom. The number of halogens is 1. The molecule has 2 heterocycles. The second kappa shape index (κ2) is 8.30. The van der Waals surface area contributed by atoms with Gasteiger partial charge in [0.05, 0.1) is 5.57 Å². The van der Waals surface area contributed by atoms with Gasteiger partial charge in [-0.1, -0.05) is 12.1 Å². The van der Waals surface area contributed by atoms with Crippen LogP contribution in [0, 0.1) is 5.82 Å². The molecule has 1 N–H and O–H groups in total. The van der Waals surface area contributed by atoms with Crippen LogP contribution in [0.25, 0.3) is 5.57 Å². The largest absolute Gasteiger partial charge is 0.372 e. The zero-order chi connectivity index (χ0) is 21.3. The third kappa shape index (κ3) is 3.82. The lowest BCUT2D eigenvalue weighted by molar-refractivity contribution is -0.138. The number of nitrogens with one attached hydrogen (secondary N) is 1. The second-order valence-electron chi connectivity index (χ2n) is 8.05. The Bertz CT molecular complexity index is 975. The maximum absolute atomic E-state index is 13.4. The van der Waals surface area contributed by atoms with Crippen molar-refractivity contribution in [1.29, 1.82) is 0 Å². The molecule has 5 nitrogen and oxygen atoms in total. The number of carbonyl (C=O) groups is 2. The van der Waals surface area contributed by atoms with Gasteiger partial charge in [0.1, 0.15) is 11.5 Å². The second-order valence-corrected chi connectivity index (χ2v) is 8.05. The predicted molar refractivity (Wildman–Crippen MR) is 116 cm³/mol. The first-order chi connectivity index (χ1) is 14.5. The molecule has 156 valence electrons. The van der Waals surface area contributed by atoms with Gasteiger partial charge in [0, 0.05) is 30.5 Å². The molecule has 2 aliphatic heterocycles. The lowest BCUT2D eigenvalue weighted by atomic mass is 10.0. The summed E-state index contributed by atoms with van der Waals surface area (Å²) in [6, 6.07) is 13.3. The number of anilines is 2. The molecule has 0 aliphatic carbocycles. The molecule has 0 saturated carbocycles. The van der Waals surface area contributed by atoms with Crippen LogP contribution in [0.15, 0.2) is 54.2 Å². The monoisotopic (exact) mass is 407 g/mol. The van der Waals surface area contributed by atoms with Gasteiger partial charge in [0.25, 0.3) is 11.8 Å². The Kier molecular flexibility index (Phi) is 5.57. The molecule has 0 atom stereocenters. The van der Waals surface area contributed by atoms with E-state index < -0.39 is 0 Å². The lowest BCUT2D eigenvalue weighted by Gasteiger charge is -2.28. The standard InChI is InChI=1S/C24H26FN3O2/c1-16(2)28-23(29)21(17-6-8-18(25)9-7-17)22(24(28)30)26-19-10-12-20(13-11-19)27-14-4-3-5-15-27/h6-13,16,26H,3-5,14-15H2,1-2H3. The number of benzene rings is 2. The average molecular weight is 407 g/mol. The highest BCUT2D eigenvalue weighted by atomic mass is 19.1. The molecule has 0 radical (unpaired) electrons. The molecule has 2 aliphatic rings. The van der Waals surface area contributed by atoms with Gasteiger partial charge in [0.15, 0.2) is 0 Å². The summed E-state index contributed by atoms with van der Waals surface area (Å²) in [4.78, 5) is 29.6. The molecule has 0 bridgehead atoms. The maximum Gasteiger partial charge on any atom is 0.278 e. The fraction of sp³-hybridized carbons (Fsp3) is 0.333. The summed E-state index contributed by atoms with van der Waals surface area (Å²) in [6.07, 6.45) is 3.68. The first-order valence-corrected chi connectivity index (χ1v) is 10.5. The van der Waals surface area contributed by atoms with E-state index in [-0.39, 0.29) is 34.9 Å². The zero-order valence-corrected chi connectivity index (χ0v) is 17.3. The molecule has 30 heavy (non-hydrogen) atoms. The zero-order valence-electron chi connectivity index (χ0n) is 17.3. The SMILES string of the molecule is CC(C)N1C(=O)C(Nc2ccc(N3CCCCC3)cc2)=C(c2ccc(F)cc2)C1=O. The Morgan fingerprint density at radius 2 is 1.50 bits per heavy atom. The summed E-state index contributed by atoms with van der Waals surface area (Å²) in [5, 5.41) is 3.15. The molecule has 2 aromatic rings. The van der Waals surface area contributed by atoms with Crippen LogP contribution in [0.3, 0.4) is 0 Å². The number of amides is 2. The van der Waals surface area contributed by atoms with Gasteiger partial charge in [-0.15, -0.1) is 0 Å². The highest BCUT2D eigenvalue weighted by molar-refractivity contribution is 6.36. The van der Waals surface area contributed by atoms with Crippen molar-refractivity contribution in [2.45, 2.75) is 39.2 Å². The van der Waals surface area contributed by atoms with Gasteiger partial charge in [-0.05, 0) is 75.1 Å². The number of hydrogen-bond donors (Lipinski definition) is 1. The van der Waals surface area contributed by atoms with E-state index in [0.29, 0.717) is 5.56 Å². The van der Waals surface area contributed by atoms with Crippen molar-refractivity contribution < 1.29 is 14.0 Å². The first-order valence-electron chi connectivity index (χ1n) is 10.5. The average Bonchev–Trinajstić information content (AvgIpc) is 2.99. The van der Waals surface area contributed by atoms with Crippen LogP contribution < -0.4 is 10.2 Å². The highest BCUT2D eigenvalue weighted by Crippen LogP contribution is 2.32. The molecule has 0 unspecified atom stereocenters. The number of piperidine rings is 1. The fourth-order valence-electron chi connectivity index (χ4n) is 4.07. The Labute approximate surface area is 176 Å². The van der Waals surface area contributed by atoms with E-state index in [4.69, 9.17) is 0 Å². The molecule has 4 rings (SSSR count). The number of rotatable bonds is 5. The van der Waals surface area contributed by atoms with Gasteiger partial charge in [-0.25, -0.2) is 4.39 Å². The molecule has 2 aromatic carbocycles. The summed E-state index contributed by atoms with van der Waals surface area (Å²) in [5.41, 5.74) is 2.91. The summed E-state index contributed by atoms with van der Waals surface area (Å²) >= 11 is 0. The van der Waals surface area contributed by atoms with Crippen molar-refractivity contribution in [1.82, 2.24) is 4.90 Å². The number of imide groups is 1. The minimum atomic E-state index is -0.389. The van der Waals surface area contributed by atoms with Crippen LogP contribution in [0.4, 0.5) is 15.8 Å². The fourth-order valence-corrected chi connectivity index (χ4v) is 4.07. The van der Waals surface area contributed by atoms with Crippen molar-refractivity contribution in [2.24, 2.45) is 0 Å². The highest BCUT2D eigenvalue weighted by Gasteiger charge is 2.40. The number of carbonyl (C=O) groups excluding carboxylic acids is 2. The first kappa shape index (κ1) is 20.1. The third-order valence-electron chi connectivity index (χ3n) is 5.62. The van der Waals surface area contributed by atoms with Gasteiger partial charge in [-0.3, -0.25) is 14.5 Å². The molecule has 1 saturated heterocycles. The van der Waals surface area contributed by atoms with Crippen molar-refractivity contribution in [3.8, 4) is 0 Å². The van der Waals surface area contributed by atoms with Crippen molar-refractivity contribution >= 4 is 28.8 Å². The summed E-state index contributed by atoms with van der Waals surface area (Å²) in [7, 11) is 0. The molecule has 6 heteroatoms. The molecular formula is C24H26FN3O2. The summed E-state index contributed by atoms with van der Waals surface area (Å²) < 4.78 is 13.4. The van der Waals surface area contributed by atoms with Crippen LogP contribution in [0.2, 0.25) is 0 Å². The van der Waals surface area contributed by atoms with Crippen molar-refractivity contribution in [2.75, 3.05) is 23.3 Å². The lowest BCUT2D eigenvalue weighted by Crippen LogP contribution is -2.38. The quantitative estimate of drug-likeness (QED) is 0.746. The van der Waals surface area contributed by atoms with Crippen LogP contribution in [0.1, 0.15) is 38.7 Å². The topological polar surface area (TPSA) is 52.7 Å². The molecule has 2 amide bonds. The molecule has 0 spiro atoms.